The van der Waals surface area contributed by atoms with Crippen molar-refractivity contribution in [2.45, 2.75) is 50.2 Å². The third-order valence-electron chi connectivity index (χ3n) is 4.16. The summed E-state index contributed by atoms with van der Waals surface area (Å²) in [6.07, 6.45) is 3.07. The fourth-order valence-electron chi connectivity index (χ4n) is 2.99. The van der Waals surface area contributed by atoms with E-state index in [0.717, 1.165) is 6.42 Å². The van der Waals surface area contributed by atoms with Gasteiger partial charge in [0.1, 0.15) is 0 Å². The normalized spacial score (nSPS) is 13.6. The molecule has 0 bridgehead atoms. The first-order valence-corrected chi connectivity index (χ1v) is 8.81. The minimum absolute atomic E-state index is 0.504. The van der Waals surface area contributed by atoms with E-state index in [2.05, 4.69) is 82.8 Å². The minimum atomic E-state index is 0.504. The molecule has 0 heterocycles. The molecule has 0 amide bonds. The summed E-state index contributed by atoms with van der Waals surface area (Å²) in [4.78, 5) is 1.43. The minimum Gasteiger partial charge on any atom is -0.121 e. The van der Waals surface area contributed by atoms with Gasteiger partial charge in [-0.05, 0) is 49.8 Å². The highest BCUT2D eigenvalue weighted by Gasteiger charge is 2.20. The van der Waals surface area contributed by atoms with E-state index in [1.165, 1.54) is 27.1 Å². The molecule has 0 nitrogen and oxygen atoms in total. The fourth-order valence-corrected chi connectivity index (χ4v) is 4.38. The van der Waals surface area contributed by atoms with Crippen LogP contribution in [0.4, 0.5) is 0 Å². The van der Waals surface area contributed by atoms with E-state index in [1.54, 1.807) is 0 Å². The molecule has 0 radical (unpaired) electrons. The second-order valence-corrected chi connectivity index (χ2v) is 7.36. The summed E-state index contributed by atoms with van der Waals surface area (Å²) in [6.45, 7) is 12.9. The Morgan fingerprint density at radius 3 is 2.18 bits per heavy atom. The Hall–Kier alpha value is -1.47. The molecule has 0 aromatic heterocycles. The van der Waals surface area contributed by atoms with Crippen LogP contribution in [-0.4, -0.2) is 5.25 Å². The van der Waals surface area contributed by atoms with Crippen molar-refractivity contribution in [2.75, 3.05) is 0 Å². The quantitative estimate of drug-likeness (QED) is 0.436. The van der Waals surface area contributed by atoms with E-state index in [0.29, 0.717) is 11.2 Å². The van der Waals surface area contributed by atoms with Crippen molar-refractivity contribution < 1.29 is 0 Å². The van der Waals surface area contributed by atoms with Crippen LogP contribution in [0.15, 0.2) is 60.0 Å². The molecular weight excluding hydrogens is 284 g/mol. The van der Waals surface area contributed by atoms with Gasteiger partial charge in [0.05, 0.1) is 0 Å². The molecule has 22 heavy (non-hydrogen) atoms. The second kappa shape index (κ2) is 7.69. The monoisotopic (exact) mass is 310 g/mol. The van der Waals surface area contributed by atoms with E-state index in [1.807, 2.05) is 11.8 Å². The molecule has 0 aliphatic carbocycles. The summed E-state index contributed by atoms with van der Waals surface area (Å²) in [7, 11) is 0. The van der Waals surface area contributed by atoms with Crippen LogP contribution in [0.3, 0.4) is 0 Å². The lowest BCUT2D eigenvalue weighted by Crippen LogP contribution is -2.12. The van der Waals surface area contributed by atoms with Crippen molar-refractivity contribution in [1.29, 1.82) is 0 Å². The van der Waals surface area contributed by atoms with E-state index >= 15 is 0 Å². The van der Waals surface area contributed by atoms with Crippen LogP contribution in [0.2, 0.25) is 0 Å². The van der Waals surface area contributed by atoms with Crippen molar-refractivity contribution >= 4 is 11.8 Å². The Bertz CT molecular complexity index is 605. The number of thioether (sulfide) groups is 1. The summed E-state index contributed by atoms with van der Waals surface area (Å²) < 4.78 is 0. The molecule has 0 unspecified atom stereocenters. The van der Waals surface area contributed by atoms with E-state index < -0.39 is 0 Å². The largest absolute Gasteiger partial charge is 0.121 e. The van der Waals surface area contributed by atoms with Crippen LogP contribution in [0, 0.1) is 20.8 Å². The van der Waals surface area contributed by atoms with Crippen molar-refractivity contribution in [2.24, 2.45) is 0 Å². The predicted octanol–water partition coefficient (Wildman–Crippen LogP) is 6.45. The van der Waals surface area contributed by atoms with Crippen LogP contribution < -0.4 is 0 Å². The molecule has 0 saturated heterocycles. The number of allylic oxidation sites excluding steroid dienone is 1. The Balaban J connectivity index is 2.28. The molecule has 0 N–H and O–H groups in total. The highest BCUT2D eigenvalue weighted by molar-refractivity contribution is 8.00. The maximum atomic E-state index is 3.96. The molecule has 0 aliphatic heterocycles. The number of hydrogen-bond donors (Lipinski definition) is 0. The maximum absolute atomic E-state index is 3.96. The van der Waals surface area contributed by atoms with Gasteiger partial charge >= 0.3 is 0 Å². The average Bonchev–Trinajstić information content (AvgIpc) is 2.50. The van der Waals surface area contributed by atoms with Crippen LogP contribution in [-0.2, 0) is 0 Å². The Kier molecular flexibility index (Phi) is 5.90. The number of hydrogen-bond acceptors (Lipinski definition) is 1. The van der Waals surface area contributed by atoms with Gasteiger partial charge in [-0.15, -0.1) is 18.3 Å². The highest BCUT2D eigenvalue weighted by Crippen LogP contribution is 2.39. The molecule has 116 valence electrons. The number of benzene rings is 2. The summed E-state index contributed by atoms with van der Waals surface area (Å²) in [5.74, 6) is 0.504. The lowest BCUT2D eigenvalue weighted by molar-refractivity contribution is 0.709. The molecule has 2 aromatic carbocycles. The molecule has 2 atom stereocenters. The molecule has 0 fully saturated rings. The van der Waals surface area contributed by atoms with Crippen molar-refractivity contribution in [1.82, 2.24) is 0 Å². The van der Waals surface area contributed by atoms with Gasteiger partial charge in [-0.2, -0.15) is 0 Å². The van der Waals surface area contributed by atoms with Crippen LogP contribution in [0.25, 0.3) is 0 Å². The Labute approximate surface area is 139 Å². The molecule has 2 rings (SSSR count). The van der Waals surface area contributed by atoms with Gasteiger partial charge in [0, 0.05) is 10.1 Å². The zero-order valence-electron chi connectivity index (χ0n) is 14.1. The molecule has 0 aliphatic rings. The lowest BCUT2D eigenvalue weighted by atomic mass is 9.96. The van der Waals surface area contributed by atoms with Gasteiger partial charge in [0.25, 0.3) is 0 Å². The third-order valence-corrected chi connectivity index (χ3v) is 5.94. The smallest absolute Gasteiger partial charge is 0.0195 e. The first kappa shape index (κ1) is 16.9. The van der Waals surface area contributed by atoms with E-state index in [-0.39, 0.29) is 0 Å². The SMILES string of the molecule is C=CC[C@@H](Sc1c(C)cc(C)cc1C)[C@H](C)c1ccccc1. The molecular formula is C21H26S. The molecule has 0 spiro atoms. The van der Waals surface area contributed by atoms with E-state index in [4.69, 9.17) is 0 Å². The Morgan fingerprint density at radius 2 is 1.64 bits per heavy atom. The zero-order valence-corrected chi connectivity index (χ0v) is 14.9. The summed E-state index contributed by atoms with van der Waals surface area (Å²) in [5, 5.41) is 0.514. The van der Waals surface area contributed by atoms with Gasteiger partial charge < -0.3 is 0 Å². The zero-order chi connectivity index (χ0) is 16.1. The molecule has 2 aromatic rings. The van der Waals surface area contributed by atoms with Gasteiger partial charge in [-0.3, -0.25) is 0 Å². The first-order chi connectivity index (χ1) is 10.5. The van der Waals surface area contributed by atoms with Crippen LogP contribution in [0.5, 0.6) is 0 Å². The van der Waals surface area contributed by atoms with Gasteiger partial charge in [-0.25, -0.2) is 0 Å². The van der Waals surface area contributed by atoms with Crippen LogP contribution >= 0.6 is 11.8 Å². The molecule has 0 saturated carbocycles. The summed E-state index contributed by atoms with van der Waals surface area (Å²) in [6, 6.07) is 15.4. The van der Waals surface area contributed by atoms with Crippen molar-refractivity contribution in [3.8, 4) is 0 Å². The third kappa shape index (κ3) is 4.04. The maximum Gasteiger partial charge on any atom is 0.0195 e. The van der Waals surface area contributed by atoms with Gasteiger partial charge in [0.2, 0.25) is 0 Å². The summed E-state index contributed by atoms with van der Waals surface area (Å²) >= 11 is 2.01. The standard InChI is InChI=1S/C21H26S/c1-6-10-20(18(5)19-11-8-7-9-12-19)22-21-16(3)13-15(2)14-17(21)4/h6-9,11-14,18,20H,1,10H2,2-5H3/t18-,20-/m1/s1. The lowest BCUT2D eigenvalue weighted by Gasteiger charge is -2.25. The predicted molar refractivity (Wildman–Crippen MR) is 100.0 cm³/mol. The fraction of sp³-hybridized carbons (Fsp3) is 0.333. The highest BCUT2D eigenvalue weighted by atomic mass is 32.2. The first-order valence-electron chi connectivity index (χ1n) is 7.93. The van der Waals surface area contributed by atoms with Crippen LogP contribution in [0.1, 0.15) is 41.5 Å². The topological polar surface area (TPSA) is 0 Å². The number of aryl methyl sites for hydroxylation is 3. The Morgan fingerprint density at radius 1 is 1.05 bits per heavy atom. The average molecular weight is 311 g/mol. The number of rotatable bonds is 6. The summed E-state index contributed by atoms with van der Waals surface area (Å²) in [5.41, 5.74) is 5.52. The van der Waals surface area contributed by atoms with Gasteiger partial charge in [-0.1, -0.05) is 61.0 Å². The van der Waals surface area contributed by atoms with Crippen molar-refractivity contribution in [3.63, 3.8) is 0 Å². The van der Waals surface area contributed by atoms with Gasteiger partial charge in [0.15, 0.2) is 0 Å². The van der Waals surface area contributed by atoms with Crippen molar-refractivity contribution in [3.05, 3.63) is 77.4 Å². The molecule has 1 heteroatoms. The second-order valence-electron chi connectivity index (χ2n) is 6.11. The van der Waals surface area contributed by atoms with E-state index in [9.17, 15) is 0 Å².